The fourth-order valence-corrected chi connectivity index (χ4v) is 3.37. The first-order valence-corrected chi connectivity index (χ1v) is 8.82. The Morgan fingerprint density at radius 1 is 1.11 bits per heavy atom. The van der Waals surface area contributed by atoms with Gasteiger partial charge in [0.25, 0.3) is 0 Å². The number of ether oxygens (including phenoxy) is 2. The summed E-state index contributed by atoms with van der Waals surface area (Å²) in [4.78, 5) is 25.9. The predicted molar refractivity (Wildman–Crippen MR) is 105 cm³/mol. The van der Waals surface area contributed by atoms with E-state index in [-0.39, 0.29) is 17.9 Å². The van der Waals surface area contributed by atoms with E-state index in [1.54, 1.807) is 6.92 Å². The van der Waals surface area contributed by atoms with E-state index in [4.69, 9.17) is 9.47 Å². The summed E-state index contributed by atoms with van der Waals surface area (Å²) in [5, 5.41) is 0.829. The van der Waals surface area contributed by atoms with Crippen molar-refractivity contribution in [3.63, 3.8) is 0 Å². The number of carbonyl (C=O) groups excluding carboxylic acids is 2. The Bertz CT molecular complexity index is 990. The highest BCUT2D eigenvalue weighted by molar-refractivity contribution is 6.11. The van der Waals surface area contributed by atoms with Crippen LogP contribution in [-0.2, 0) is 9.53 Å². The van der Waals surface area contributed by atoms with Gasteiger partial charge < -0.3 is 18.8 Å². The smallest absolute Gasteiger partial charge is 0.340 e. The summed E-state index contributed by atoms with van der Waals surface area (Å²) < 4.78 is 13.0. The summed E-state index contributed by atoms with van der Waals surface area (Å²) in [6, 6.07) is 11.3. The second-order valence-electron chi connectivity index (χ2n) is 6.91. The number of fused-ring (bicyclic) bond motifs is 3. The van der Waals surface area contributed by atoms with Crippen molar-refractivity contribution < 1.29 is 19.1 Å². The number of esters is 1. The number of hydrogen-bond acceptors (Lipinski definition) is 5. The van der Waals surface area contributed by atoms with Crippen molar-refractivity contribution in [3.05, 3.63) is 48.2 Å². The van der Waals surface area contributed by atoms with E-state index in [0.717, 1.165) is 16.4 Å². The second kappa shape index (κ2) is 7.80. The minimum Gasteiger partial charge on any atom is -0.487 e. The van der Waals surface area contributed by atoms with Crippen LogP contribution in [0.3, 0.4) is 0 Å². The Morgan fingerprint density at radius 3 is 2.52 bits per heavy atom. The van der Waals surface area contributed by atoms with Gasteiger partial charge in [-0.25, -0.2) is 4.79 Å². The van der Waals surface area contributed by atoms with Crippen LogP contribution in [0.4, 0.5) is 0 Å². The largest absolute Gasteiger partial charge is 0.487 e. The Labute approximate surface area is 158 Å². The summed E-state index contributed by atoms with van der Waals surface area (Å²) in [5.41, 5.74) is 2.19. The lowest BCUT2D eigenvalue weighted by atomic mass is 10.1. The maximum atomic E-state index is 12.3. The molecule has 0 radical (unpaired) electrons. The van der Waals surface area contributed by atoms with Gasteiger partial charge in [-0.1, -0.05) is 18.2 Å². The molecular weight excluding hydrogens is 344 g/mol. The summed E-state index contributed by atoms with van der Waals surface area (Å²) in [6.45, 7) is 2.20. The van der Waals surface area contributed by atoms with Crippen LogP contribution in [0.15, 0.2) is 42.6 Å². The van der Waals surface area contributed by atoms with Crippen LogP contribution in [0.1, 0.15) is 23.7 Å². The van der Waals surface area contributed by atoms with E-state index < -0.39 is 0 Å². The molecule has 6 heteroatoms. The second-order valence-corrected chi connectivity index (χ2v) is 6.91. The number of benzene rings is 1. The predicted octanol–water partition coefficient (Wildman–Crippen LogP) is 3.17. The summed E-state index contributed by atoms with van der Waals surface area (Å²) in [6.07, 6.45) is 1.96. The van der Waals surface area contributed by atoms with Gasteiger partial charge in [0, 0.05) is 18.4 Å². The van der Waals surface area contributed by atoms with Crippen molar-refractivity contribution in [3.8, 4) is 5.75 Å². The molecule has 1 unspecified atom stereocenters. The molecule has 0 N–H and O–H groups in total. The Balaban J connectivity index is 2.05. The van der Waals surface area contributed by atoms with E-state index in [1.807, 2.05) is 66.0 Å². The fourth-order valence-electron chi connectivity index (χ4n) is 3.37. The van der Waals surface area contributed by atoms with E-state index in [2.05, 4.69) is 0 Å². The highest BCUT2D eigenvalue weighted by Crippen LogP contribution is 2.29. The molecule has 0 saturated carbocycles. The Kier molecular flexibility index (Phi) is 5.46. The summed E-state index contributed by atoms with van der Waals surface area (Å²) in [7, 11) is 5.27. The molecule has 2 heterocycles. The van der Waals surface area contributed by atoms with Crippen molar-refractivity contribution in [1.82, 2.24) is 9.30 Å². The van der Waals surface area contributed by atoms with Crippen LogP contribution < -0.4 is 4.74 Å². The number of hydrogen-bond donors (Lipinski definition) is 0. The lowest BCUT2D eigenvalue weighted by Crippen LogP contribution is -2.32. The zero-order valence-corrected chi connectivity index (χ0v) is 16.1. The topological polar surface area (TPSA) is 60.2 Å². The highest BCUT2D eigenvalue weighted by Gasteiger charge is 2.20. The quantitative estimate of drug-likeness (QED) is 0.600. The number of pyridine rings is 1. The Morgan fingerprint density at radius 2 is 1.85 bits per heavy atom. The molecule has 0 fully saturated rings. The molecule has 0 aliphatic rings. The van der Waals surface area contributed by atoms with Gasteiger partial charge in [-0.2, -0.15) is 0 Å². The average molecular weight is 368 g/mol. The molecule has 3 rings (SSSR count). The van der Waals surface area contributed by atoms with E-state index in [0.29, 0.717) is 24.3 Å². The number of ketones is 1. The van der Waals surface area contributed by atoms with Crippen molar-refractivity contribution in [1.29, 1.82) is 0 Å². The highest BCUT2D eigenvalue weighted by atomic mass is 16.5. The van der Waals surface area contributed by atoms with Crippen LogP contribution in [0.25, 0.3) is 16.4 Å². The first kappa shape index (κ1) is 18.9. The minimum atomic E-state index is -0.371. The molecule has 0 saturated heterocycles. The molecular formula is C21H24N2O4. The normalized spacial score (nSPS) is 12.5. The molecule has 0 aliphatic heterocycles. The lowest BCUT2D eigenvalue weighted by Gasteiger charge is -2.21. The van der Waals surface area contributed by atoms with Crippen LogP contribution in [0.5, 0.6) is 5.75 Å². The first-order chi connectivity index (χ1) is 12.9. The molecule has 0 bridgehead atoms. The van der Waals surface area contributed by atoms with Gasteiger partial charge in [0.05, 0.1) is 29.9 Å². The van der Waals surface area contributed by atoms with E-state index in [1.165, 1.54) is 7.11 Å². The number of carbonyl (C=O) groups is 2. The number of para-hydroxylation sites is 1. The number of Topliss-reactive ketones (excluding diaryl/α,β-unsaturated/α-hetero) is 1. The van der Waals surface area contributed by atoms with Crippen molar-refractivity contribution in [2.24, 2.45) is 0 Å². The Hall–Kier alpha value is -2.86. The third kappa shape index (κ3) is 3.95. The van der Waals surface area contributed by atoms with E-state index in [9.17, 15) is 9.59 Å². The van der Waals surface area contributed by atoms with Gasteiger partial charge in [0.2, 0.25) is 0 Å². The molecule has 0 spiro atoms. The number of methoxy groups -OCH3 is 1. The molecule has 142 valence electrons. The molecule has 0 amide bonds. The maximum Gasteiger partial charge on any atom is 0.340 e. The zero-order valence-electron chi connectivity index (χ0n) is 16.1. The van der Waals surface area contributed by atoms with Crippen LogP contribution >= 0.6 is 0 Å². The third-order valence-corrected chi connectivity index (χ3v) is 4.39. The molecule has 3 aromatic rings. The van der Waals surface area contributed by atoms with Crippen molar-refractivity contribution in [2.45, 2.75) is 19.4 Å². The number of likely N-dealkylation sites (N-methyl/N-ethyl adjacent to an activating group) is 1. The lowest BCUT2D eigenvalue weighted by molar-refractivity contribution is -0.118. The molecule has 1 atom stereocenters. The fraction of sp³-hybridized carbons (Fsp3) is 0.333. The monoisotopic (exact) mass is 368 g/mol. The third-order valence-electron chi connectivity index (χ3n) is 4.39. The van der Waals surface area contributed by atoms with Gasteiger partial charge in [-0.05, 0) is 39.2 Å². The SMILES string of the molecule is COC(=O)c1c2ccccc2n2cc(OC(CC(C)=O)CN(C)C)ccc12. The summed E-state index contributed by atoms with van der Waals surface area (Å²) >= 11 is 0. The van der Waals surface area contributed by atoms with Crippen LogP contribution in [0, 0.1) is 0 Å². The van der Waals surface area contributed by atoms with Crippen molar-refractivity contribution >= 4 is 28.2 Å². The van der Waals surface area contributed by atoms with E-state index >= 15 is 0 Å². The molecule has 2 aromatic heterocycles. The molecule has 1 aromatic carbocycles. The van der Waals surface area contributed by atoms with Gasteiger partial charge in [0.1, 0.15) is 17.6 Å². The van der Waals surface area contributed by atoms with Gasteiger partial charge in [-0.15, -0.1) is 0 Å². The molecule has 27 heavy (non-hydrogen) atoms. The van der Waals surface area contributed by atoms with Gasteiger partial charge in [-0.3, -0.25) is 4.79 Å². The number of rotatable bonds is 7. The maximum absolute atomic E-state index is 12.3. The standard InChI is InChI=1S/C21H24N2O4/c1-14(24)11-16(12-22(2)3)27-15-9-10-19-20(21(25)26-4)17-7-5-6-8-18(17)23(19)13-15/h5-10,13,16H,11-12H2,1-4H3. The van der Waals surface area contributed by atoms with Gasteiger partial charge >= 0.3 is 5.97 Å². The zero-order chi connectivity index (χ0) is 19.6. The number of nitrogens with zero attached hydrogens (tertiary/aromatic N) is 2. The molecule has 6 nitrogen and oxygen atoms in total. The van der Waals surface area contributed by atoms with Crippen molar-refractivity contribution in [2.75, 3.05) is 27.7 Å². The molecule has 0 aliphatic carbocycles. The summed E-state index contributed by atoms with van der Waals surface area (Å²) in [5.74, 6) is 0.361. The average Bonchev–Trinajstić information content (AvgIpc) is 2.94. The minimum absolute atomic E-state index is 0.0855. The van der Waals surface area contributed by atoms with Gasteiger partial charge in [0.15, 0.2) is 0 Å². The first-order valence-electron chi connectivity index (χ1n) is 8.82. The van der Waals surface area contributed by atoms with Crippen LogP contribution in [0.2, 0.25) is 0 Å². The number of aromatic nitrogens is 1. The van der Waals surface area contributed by atoms with Crippen LogP contribution in [-0.4, -0.2) is 54.9 Å².